The van der Waals surface area contributed by atoms with Gasteiger partial charge < -0.3 is 11.1 Å². The number of hydrogen-bond donors (Lipinski definition) is 2. The van der Waals surface area contributed by atoms with E-state index in [4.69, 9.17) is 5.73 Å². The standard InChI is InChI=1S/C17H24N4/c1-2-15(12-6-4-3-5-7-12)21-17-14-10-13(18)8-9-16(14)19-11-20-17/h8-12,15H,2-7,18H2,1H3,(H,19,20,21). The summed E-state index contributed by atoms with van der Waals surface area (Å²) in [5, 5.41) is 4.68. The Morgan fingerprint density at radius 1 is 1.24 bits per heavy atom. The molecule has 2 aromatic rings. The number of anilines is 2. The van der Waals surface area contributed by atoms with E-state index in [1.165, 1.54) is 32.1 Å². The molecule has 4 nitrogen and oxygen atoms in total. The van der Waals surface area contributed by atoms with E-state index in [0.29, 0.717) is 6.04 Å². The van der Waals surface area contributed by atoms with E-state index < -0.39 is 0 Å². The molecule has 0 aliphatic heterocycles. The number of benzene rings is 1. The molecule has 1 fully saturated rings. The van der Waals surface area contributed by atoms with Crippen LogP contribution in [0.15, 0.2) is 24.5 Å². The highest BCUT2D eigenvalue weighted by Gasteiger charge is 2.23. The van der Waals surface area contributed by atoms with Crippen molar-refractivity contribution in [3.63, 3.8) is 0 Å². The van der Waals surface area contributed by atoms with Crippen LogP contribution in [0.4, 0.5) is 11.5 Å². The van der Waals surface area contributed by atoms with Crippen LogP contribution < -0.4 is 11.1 Å². The molecule has 21 heavy (non-hydrogen) atoms. The molecular weight excluding hydrogens is 260 g/mol. The smallest absolute Gasteiger partial charge is 0.137 e. The molecule has 0 spiro atoms. The van der Waals surface area contributed by atoms with Gasteiger partial charge in [-0.2, -0.15) is 0 Å². The average molecular weight is 284 g/mol. The molecule has 0 amide bonds. The summed E-state index contributed by atoms with van der Waals surface area (Å²) in [6.07, 6.45) is 9.53. The van der Waals surface area contributed by atoms with Gasteiger partial charge in [0.05, 0.1) is 5.52 Å². The fourth-order valence-electron chi connectivity index (χ4n) is 3.45. The molecule has 1 aromatic carbocycles. The molecule has 1 unspecified atom stereocenters. The highest BCUT2D eigenvalue weighted by Crippen LogP contribution is 2.31. The molecule has 1 atom stereocenters. The van der Waals surface area contributed by atoms with Gasteiger partial charge in [0.25, 0.3) is 0 Å². The Morgan fingerprint density at radius 3 is 2.81 bits per heavy atom. The van der Waals surface area contributed by atoms with Crippen molar-refractivity contribution in [2.45, 2.75) is 51.5 Å². The summed E-state index contributed by atoms with van der Waals surface area (Å²) in [4.78, 5) is 8.77. The van der Waals surface area contributed by atoms with Crippen LogP contribution in [0.1, 0.15) is 45.4 Å². The minimum Gasteiger partial charge on any atom is -0.399 e. The molecule has 0 saturated heterocycles. The zero-order valence-electron chi connectivity index (χ0n) is 12.7. The Hall–Kier alpha value is -1.84. The molecular formula is C17H24N4. The third-order valence-electron chi connectivity index (χ3n) is 4.64. The summed E-state index contributed by atoms with van der Waals surface area (Å²) in [5.41, 5.74) is 7.62. The monoisotopic (exact) mass is 284 g/mol. The lowest BCUT2D eigenvalue weighted by Gasteiger charge is -2.30. The minimum atomic E-state index is 0.491. The maximum Gasteiger partial charge on any atom is 0.137 e. The van der Waals surface area contributed by atoms with Crippen LogP contribution in [0, 0.1) is 5.92 Å². The van der Waals surface area contributed by atoms with Crippen LogP contribution in [0.5, 0.6) is 0 Å². The van der Waals surface area contributed by atoms with Crippen LogP contribution in [0.25, 0.3) is 10.9 Å². The van der Waals surface area contributed by atoms with Crippen LogP contribution in [0.2, 0.25) is 0 Å². The topological polar surface area (TPSA) is 63.8 Å². The van der Waals surface area contributed by atoms with E-state index in [-0.39, 0.29) is 0 Å². The largest absolute Gasteiger partial charge is 0.399 e. The predicted octanol–water partition coefficient (Wildman–Crippen LogP) is 3.98. The summed E-state index contributed by atoms with van der Waals surface area (Å²) >= 11 is 0. The molecule has 0 bridgehead atoms. The maximum absolute atomic E-state index is 5.92. The first-order valence-electron chi connectivity index (χ1n) is 8.04. The van der Waals surface area contributed by atoms with Gasteiger partial charge in [0.2, 0.25) is 0 Å². The third-order valence-corrected chi connectivity index (χ3v) is 4.64. The Kier molecular flexibility index (Phi) is 4.23. The normalized spacial score (nSPS) is 17.8. The number of nitrogens with two attached hydrogens (primary N) is 1. The maximum atomic E-state index is 5.92. The SMILES string of the molecule is CCC(Nc1ncnc2ccc(N)cc12)C1CCCCC1. The fourth-order valence-corrected chi connectivity index (χ4v) is 3.45. The number of nitrogen functional groups attached to an aromatic ring is 1. The minimum absolute atomic E-state index is 0.491. The first kappa shape index (κ1) is 14.1. The molecule has 1 aliphatic carbocycles. The summed E-state index contributed by atoms with van der Waals surface area (Å²) < 4.78 is 0. The second-order valence-electron chi connectivity index (χ2n) is 6.06. The van der Waals surface area contributed by atoms with Crippen molar-refractivity contribution in [2.24, 2.45) is 5.92 Å². The lowest BCUT2D eigenvalue weighted by atomic mass is 9.83. The Balaban J connectivity index is 1.87. The van der Waals surface area contributed by atoms with E-state index in [1.807, 2.05) is 18.2 Å². The summed E-state index contributed by atoms with van der Waals surface area (Å²) in [6.45, 7) is 2.25. The summed E-state index contributed by atoms with van der Waals surface area (Å²) in [6, 6.07) is 6.30. The Morgan fingerprint density at radius 2 is 2.05 bits per heavy atom. The van der Waals surface area contributed by atoms with Crippen molar-refractivity contribution in [1.29, 1.82) is 0 Å². The van der Waals surface area contributed by atoms with E-state index in [9.17, 15) is 0 Å². The highest BCUT2D eigenvalue weighted by atomic mass is 15.0. The average Bonchev–Trinajstić information content (AvgIpc) is 2.53. The molecule has 1 aliphatic rings. The van der Waals surface area contributed by atoms with Crippen LogP contribution in [0.3, 0.4) is 0 Å². The van der Waals surface area contributed by atoms with Crippen molar-refractivity contribution >= 4 is 22.4 Å². The molecule has 1 saturated carbocycles. The van der Waals surface area contributed by atoms with Gasteiger partial charge >= 0.3 is 0 Å². The Bertz CT molecular complexity index is 605. The van der Waals surface area contributed by atoms with Crippen molar-refractivity contribution in [2.75, 3.05) is 11.1 Å². The predicted molar refractivity (Wildman–Crippen MR) is 88.2 cm³/mol. The van der Waals surface area contributed by atoms with Crippen molar-refractivity contribution < 1.29 is 0 Å². The van der Waals surface area contributed by atoms with Gasteiger partial charge in [-0.05, 0) is 43.4 Å². The fraction of sp³-hybridized carbons (Fsp3) is 0.529. The van der Waals surface area contributed by atoms with E-state index in [2.05, 4.69) is 22.2 Å². The second kappa shape index (κ2) is 6.29. The quantitative estimate of drug-likeness (QED) is 0.833. The summed E-state index contributed by atoms with van der Waals surface area (Å²) in [7, 11) is 0. The zero-order chi connectivity index (χ0) is 14.7. The number of aromatic nitrogens is 2. The number of fused-ring (bicyclic) bond motifs is 1. The lowest BCUT2D eigenvalue weighted by Crippen LogP contribution is -2.30. The zero-order valence-corrected chi connectivity index (χ0v) is 12.7. The molecule has 1 aromatic heterocycles. The van der Waals surface area contributed by atoms with Gasteiger partial charge in [0.1, 0.15) is 12.1 Å². The van der Waals surface area contributed by atoms with E-state index in [0.717, 1.165) is 34.7 Å². The van der Waals surface area contributed by atoms with Gasteiger partial charge in [-0.3, -0.25) is 0 Å². The van der Waals surface area contributed by atoms with Gasteiger partial charge in [0.15, 0.2) is 0 Å². The number of nitrogens with one attached hydrogen (secondary N) is 1. The van der Waals surface area contributed by atoms with Gasteiger partial charge in [-0.15, -0.1) is 0 Å². The Labute approximate surface area is 126 Å². The van der Waals surface area contributed by atoms with Gasteiger partial charge in [-0.1, -0.05) is 26.2 Å². The number of hydrogen-bond acceptors (Lipinski definition) is 4. The lowest BCUT2D eigenvalue weighted by molar-refractivity contribution is 0.312. The van der Waals surface area contributed by atoms with Crippen LogP contribution >= 0.6 is 0 Å². The van der Waals surface area contributed by atoms with E-state index in [1.54, 1.807) is 6.33 Å². The van der Waals surface area contributed by atoms with Crippen LogP contribution in [-0.4, -0.2) is 16.0 Å². The molecule has 4 heteroatoms. The van der Waals surface area contributed by atoms with Gasteiger partial charge in [-0.25, -0.2) is 9.97 Å². The first-order chi connectivity index (χ1) is 10.3. The molecule has 3 N–H and O–H groups in total. The molecule has 0 radical (unpaired) electrons. The highest BCUT2D eigenvalue weighted by molar-refractivity contribution is 5.91. The molecule has 112 valence electrons. The van der Waals surface area contributed by atoms with Crippen molar-refractivity contribution in [3.05, 3.63) is 24.5 Å². The van der Waals surface area contributed by atoms with Crippen LogP contribution in [-0.2, 0) is 0 Å². The molecule has 3 rings (SSSR count). The van der Waals surface area contributed by atoms with Crippen molar-refractivity contribution in [3.8, 4) is 0 Å². The molecule has 1 heterocycles. The number of nitrogens with zero attached hydrogens (tertiary/aromatic N) is 2. The first-order valence-corrected chi connectivity index (χ1v) is 8.04. The summed E-state index contributed by atoms with van der Waals surface area (Å²) in [5.74, 6) is 1.68. The van der Waals surface area contributed by atoms with Crippen molar-refractivity contribution in [1.82, 2.24) is 9.97 Å². The van der Waals surface area contributed by atoms with Gasteiger partial charge in [0, 0.05) is 17.1 Å². The number of rotatable bonds is 4. The van der Waals surface area contributed by atoms with E-state index >= 15 is 0 Å². The second-order valence-corrected chi connectivity index (χ2v) is 6.06. The third kappa shape index (κ3) is 3.09.